The van der Waals surface area contributed by atoms with E-state index in [1.165, 1.54) is 33.5 Å². The lowest BCUT2D eigenvalue weighted by Gasteiger charge is -2.29. The predicted molar refractivity (Wildman–Crippen MR) is 77.1 cm³/mol. The van der Waals surface area contributed by atoms with Crippen molar-refractivity contribution in [3.05, 3.63) is 11.1 Å². The maximum absolute atomic E-state index is 12.6. The Morgan fingerprint density at radius 3 is 1.83 bits per heavy atom. The Hall–Kier alpha value is -1.36. The van der Waals surface area contributed by atoms with Crippen molar-refractivity contribution < 1.29 is 23.8 Å². The number of epoxide rings is 1. The monoisotopic (exact) mass is 316 g/mol. The predicted octanol–water partition coefficient (Wildman–Crippen LogP) is 1.61. The zero-order valence-electron chi connectivity index (χ0n) is 13.4. The summed E-state index contributed by atoms with van der Waals surface area (Å²) < 4.78 is 16.6. The van der Waals surface area contributed by atoms with Crippen molar-refractivity contribution in [1.82, 2.24) is 0 Å². The van der Waals surface area contributed by atoms with Gasteiger partial charge in [-0.3, -0.25) is 0 Å². The van der Waals surface area contributed by atoms with Gasteiger partial charge in [0.05, 0.1) is 25.4 Å². The zero-order chi connectivity index (χ0) is 15.8. The molecule has 5 nitrogen and oxygen atoms in total. The van der Waals surface area contributed by atoms with Crippen molar-refractivity contribution in [2.24, 2.45) is 29.1 Å². The van der Waals surface area contributed by atoms with Crippen LogP contribution in [0.3, 0.4) is 0 Å². The Bertz CT molecular complexity index is 665. The van der Waals surface area contributed by atoms with E-state index in [-0.39, 0.29) is 40.4 Å². The van der Waals surface area contributed by atoms with Gasteiger partial charge >= 0.3 is 11.9 Å². The summed E-state index contributed by atoms with van der Waals surface area (Å²) in [6, 6.07) is 0. The Labute approximate surface area is 134 Å². The van der Waals surface area contributed by atoms with Crippen LogP contribution in [0.5, 0.6) is 0 Å². The minimum Gasteiger partial charge on any atom is -0.466 e. The van der Waals surface area contributed by atoms with Gasteiger partial charge in [0.25, 0.3) is 0 Å². The summed E-state index contributed by atoms with van der Waals surface area (Å²) >= 11 is 0. The van der Waals surface area contributed by atoms with Gasteiger partial charge in [0, 0.05) is 11.8 Å². The topological polar surface area (TPSA) is 65.1 Å². The quantitative estimate of drug-likeness (QED) is 0.572. The average molecular weight is 316 g/mol. The fourth-order valence-corrected chi connectivity index (χ4v) is 7.59. The third kappa shape index (κ3) is 0.978. The van der Waals surface area contributed by atoms with Gasteiger partial charge in [0.1, 0.15) is 11.2 Å². The van der Waals surface area contributed by atoms with Crippen molar-refractivity contribution in [3.8, 4) is 0 Å². The standard InChI is InChI=1S/C18H20O5/c1-21-14(19)10-11(15(20)22-2)13-16(5-6-16)12(10)17-8-3-4-9(7-8)18(13,17)23-17/h8-9,12-13H,3-7H2,1-2H3/t8-,9-,12-,13+,17-,18+/m1/s1. The molecular weight excluding hydrogens is 296 g/mol. The molecule has 6 atom stereocenters. The van der Waals surface area contributed by atoms with Crippen LogP contribution in [0.4, 0.5) is 0 Å². The van der Waals surface area contributed by atoms with Gasteiger partial charge < -0.3 is 14.2 Å². The summed E-state index contributed by atoms with van der Waals surface area (Å²) in [6.45, 7) is 0. The molecule has 0 unspecified atom stereocenters. The molecule has 0 radical (unpaired) electrons. The third-order valence-corrected chi connectivity index (χ3v) is 8.07. The molecule has 0 aromatic heterocycles. The lowest BCUT2D eigenvalue weighted by atomic mass is 9.69. The molecule has 122 valence electrons. The number of hydrogen-bond donors (Lipinski definition) is 0. The molecule has 1 aliphatic heterocycles. The van der Waals surface area contributed by atoms with Gasteiger partial charge in [0.15, 0.2) is 0 Å². The Morgan fingerprint density at radius 1 is 0.957 bits per heavy atom. The maximum atomic E-state index is 12.6. The van der Waals surface area contributed by atoms with E-state index < -0.39 is 0 Å². The number of rotatable bonds is 2. The minimum absolute atomic E-state index is 0.0526. The molecule has 4 bridgehead atoms. The van der Waals surface area contributed by atoms with E-state index in [4.69, 9.17) is 14.2 Å². The number of esters is 2. The maximum Gasteiger partial charge on any atom is 0.334 e. The highest BCUT2D eigenvalue weighted by atomic mass is 16.6. The van der Waals surface area contributed by atoms with Gasteiger partial charge in [-0.15, -0.1) is 0 Å². The van der Waals surface area contributed by atoms with E-state index in [0.29, 0.717) is 23.0 Å². The van der Waals surface area contributed by atoms with Crippen molar-refractivity contribution in [2.45, 2.75) is 43.3 Å². The molecule has 1 heterocycles. The van der Waals surface area contributed by atoms with Gasteiger partial charge in [-0.05, 0) is 49.4 Å². The van der Waals surface area contributed by atoms with Crippen LogP contribution in [0.2, 0.25) is 0 Å². The minimum atomic E-state index is -0.356. The molecule has 1 spiro atoms. The van der Waals surface area contributed by atoms with Crippen LogP contribution in [-0.2, 0) is 23.8 Å². The third-order valence-electron chi connectivity index (χ3n) is 8.07. The fourth-order valence-electron chi connectivity index (χ4n) is 7.59. The lowest BCUT2D eigenvalue weighted by Crippen LogP contribution is -2.42. The number of methoxy groups -OCH3 is 2. The summed E-state index contributed by atoms with van der Waals surface area (Å²) in [5.41, 5.74) is 0.910. The number of carbonyl (C=O) groups is 2. The van der Waals surface area contributed by atoms with Crippen molar-refractivity contribution >= 4 is 11.9 Å². The van der Waals surface area contributed by atoms with E-state index in [1.807, 2.05) is 0 Å². The Kier molecular flexibility index (Phi) is 1.90. The first-order chi connectivity index (χ1) is 11.1. The van der Waals surface area contributed by atoms with Gasteiger partial charge in [-0.2, -0.15) is 0 Å². The number of fused-ring (bicyclic) bond motifs is 2. The second-order valence-electron chi connectivity index (χ2n) is 8.30. The largest absolute Gasteiger partial charge is 0.466 e. The summed E-state index contributed by atoms with van der Waals surface area (Å²) in [5.74, 6) is 0.502. The number of hydrogen-bond acceptors (Lipinski definition) is 5. The highest BCUT2D eigenvalue weighted by Gasteiger charge is 2.99. The molecule has 5 aliphatic carbocycles. The van der Waals surface area contributed by atoms with Gasteiger partial charge in [-0.1, -0.05) is 0 Å². The molecule has 0 N–H and O–H groups in total. The van der Waals surface area contributed by atoms with Crippen LogP contribution in [0.1, 0.15) is 32.1 Å². The lowest BCUT2D eigenvalue weighted by molar-refractivity contribution is -0.140. The number of ether oxygens (including phenoxy) is 3. The van der Waals surface area contributed by atoms with E-state index in [9.17, 15) is 9.59 Å². The molecule has 0 aromatic carbocycles. The van der Waals surface area contributed by atoms with Gasteiger partial charge in [0.2, 0.25) is 0 Å². The molecule has 5 heteroatoms. The molecule has 0 aromatic rings. The fraction of sp³-hybridized carbons (Fsp3) is 0.778. The van der Waals surface area contributed by atoms with Crippen LogP contribution in [-0.4, -0.2) is 37.4 Å². The highest BCUT2D eigenvalue weighted by Crippen LogP contribution is 2.93. The summed E-state index contributed by atoms with van der Waals surface area (Å²) in [6.07, 6.45) is 5.79. The first-order valence-corrected chi connectivity index (χ1v) is 8.69. The zero-order valence-corrected chi connectivity index (χ0v) is 13.4. The van der Waals surface area contributed by atoms with E-state index in [0.717, 1.165) is 12.8 Å². The highest BCUT2D eigenvalue weighted by molar-refractivity contribution is 6.04. The molecule has 1 saturated heterocycles. The van der Waals surface area contributed by atoms with E-state index in [1.54, 1.807) is 0 Å². The van der Waals surface area contributed by atoms with Crippen molar-refractivity contribution in [3.63, 3.8) is 0 Å². The molecular formula is C18H20O5. The van der Waals surface area contributed by atoms with Crippen molar-refractivity contribution in [2.75, 3.05) is 14.2 Å². The summed E-state index contributed by atoms with van der Waals surface area (Å²) in [7, 11) is 2.80. The molecule has 23 heavy (non-hydrogen) atoms. The second-order valence-corrected chi connectivity index (χ2v) is 8.30. The first-order valence-electron chi connectivity index (χ1n) is 8.69. The molecule has 0 amide bonds. The van der Waals surface area contributed by atoms with Crippen LogP contribution in [0, 0.1) is 29.1 Å². The molecule has 4 saturated carbocycles. The first kappa shape index (κ1) is 13.0. The van der Waals surface area contributed by atoms with Crippen LogP contribution in [0.25, 0.3) is 0 Å². The normalized spacial score (nSPS) is 51.7. The van der Waals surface area contributed by atoms with Crippen LogP contribution in [0.15, 0.2) is 11.1 Å². The molecule has 5 fully saturated rings. The average Bonchev–Trinajstić information content (AvgIpc) is 3.34. The van der Waals surface area contributed by atoms with Crippen LogP contribution >= 0.6 is 0 Å². The summed E-state index contributed by atoms with van der Waals surface area (Å²) in [4.78, 5) is 25.1. The summed E-state index contributed by atoms with van der Waals surface area (Å²) in [5, 5.41) is 0. The SMILES string of the molecule is COC(=O)C1=C(C(=O)OC)[C@H]2C3(CC3)[C@@H]1[C@@]13O[C@@]21[C@@H]1CC[C@@H]3C1. The van der Waals surface area contributed by atoms with Crippen LogP contribution < -0.4 is 0 Å². The molecule has 6 rings (SSSR count). The molecule has 6 aliphatic rings. The van der Waals surface area contributed by atoms with E-state index >= 15 is 0 Å². The number of carbonyl (C=O) groups excluding carboxylic acids is 2. The van der Waals surface area contributed by atoms with Crippen molar-refractivity contribution in [1.29, 1.82) is 0 Å². The van der Waals surface area contributed by atoms with E-state index in [2.05, 4.69) is 0 Å². The smallest absolute Gasteiger partial charge is 0.334 e. The second kappa shape index (κ2) is 3.37. The van der Waals surface area contributed by atoms with Gasteiger partial charge in [-0.25, -0.2) is 9.59 Å². The Morgan fingerprint density at radius 2 is 1.43 bits per heavy atom. The Balaban J connectivity index is 1.61.